The zero-order valence-corrected chi connectivity index (χ0v) is 45.8. The highest BCUT2D eigenvalue weighted by molar-refractivity contribution is 6.00. The predicted molar refractivity (Wildman–Crippen MR) is 302 cm³/mol. The Balaban J connectivity index is 0.975. The van der Waals surface area contributed by atoms with Gasteiger partial charge in [-0.2, -0.15) is 0 Å². The summed E-state index contributed by atoms with van der Waals surface area (Å²) in [5, 5.41) is 37.0. The molecule has 0 spiro atoms. The molecule has 0 unspecified atom stereocenters. The van der Waals surface area contributed by atoms with Crippen molar-refractivity contribution in [2.45, 2.75) is 133 Å². The number of carbonyl (C=O) groups is 8. The molecule has 432 valence electrons. The van der Waals surface area contributed by atoms with Gasteiger partial charge in [0, 0.05) is 61.2 Å². The van der Waals surface area contributed by atoms with Crippen LogP contribution in [-0.4, -0.2) is 139 Å². The van der Waals surface area contributed by atoms with E-state index in [1.165, 1.54) is 28.9 Å². The largest absolute Gasteiger partial charge is 0.383 e. The molecule has 4 heterocycles. The average molecular weight is 1120 g/mol. The second-order valence-electron chi connectivity index (χ2n) is 20.8. The number of rotatable bonds is 27. The number of unbranched alkanes of at least 4 members (excludes halogenated alkanes) is 2. The summed E-state index contributed by atoms with van der Waals surface area (Å²) >= 11 is 0. The first-order valence-electron chi connectivity index (χ1n) is 27.8. The highest BCUT2D eigenvalue weighted by Gasteiger charge is 2.44. The number of nitrogens with one attached hydrogen (secondary N) is 7. The summed E-state index contributed by atoms with van der Waals surface area (Å²) in [6.07, 6.45) is 6.21. The SMILES string of the molecule is CCCC[C@H](NC(=O)[C@@H]1CCCN1C(=O)[C@H]1CCCN1C(=O)[C@H](Cc1ccccc1)NC(=O)[C@@H](Cc1c[nH]c2ccccc12)NC(=O)[C@H](C)NC(=O)[C@H](CCCCNc1ccc([N+](=O)[O-])c2nonc12)NC(=O)c1ccccc1)C(N)=O. The fourth-order valence-corrected chi connectivity index (χ4v) is 10.6. The van der Waals surface area contributed by atoms with E-state index < -0.39 is 94.5 Å². The summed E-state index contributed by atoms with van der Waals surface area (Å²) in [7, 11) is 0. The minimum atomic E-state index is -1.32. The quantitative estimate of drug-likeness (QED) is 0.0205. The fourth-order valence-electron chi connectivity index (χ4n) is 10.6. The lowest BCUT2D eigenvalue weighted by Gasteiger charge is -2.33. The third kappa shape index (κ3) is 14.6. The van der Waals surface area contributed by atoms with Gasteiger partial charge in [0.05, 0.1) is 10.6 Å². The molecule has 4 aromatic carbocycles. The van der Waals surface area contributed by atoms with E-state index in [4.69, 9.17) is 10.4 Å². The van der Waals surface area contributed by atoms with E-state index in [1.807, 2.05) is 49.4 Å². The smallest absolute Gasteiger partial charge is 0.300 e. The van der Waals surface area contributed by atoms with Crippen molar-refractivity contribution in [3.8, 4) is 0 Å². The molecule has 82 heavy (non-hydrogen) atoms. The lowest BCUT2D eigenvalue weighted by Crippen LogP contribution is -2.60. The number of likely N-dealkylation sites (tertiary alicyclic amines) is 2. The van der Waals surface area contributed by atoms with Crippen molar-refractivity contribution in [1.29, 1.82) is 0 Å². The molecule has 24 heteroatoms. The monoisotopic (exact) mass is 1120 g/mol. The first-order valence-corrected chi connectivity index (χ1v) is 27.8. The van der Waals surface area contributed by atoms with E-state index in [0.29, 0.717) is 80.3 Å². The molecular formula is C58H69N13O11. The van der Waals surface area contributed by atoms with E-state index in [0.717, 1.165) is 17.3 Å². The number of carbonyl (C=O) groups excluding carboxylic acids is 8. The Kier molecular flexibility index (Phi) is 20.0. The lowest BCUT2D eigenvalue weighted by molar-refractivity contribution is -0.383. The van der Waals surface area contributed by atoms with Crippen LogP contribution in [-0.2, 0) is 46.4 Å². The average Bonchev–Trinajstić information content (AvgIpc) is 4.53. The summed E-state index contributed by atoms with van der Waals surface area (Å²) in [5.74, 6) is -4.75. The fraction of sp³-hybridized carbons (Fsp3) is 0.414. The Morgan fingerprint density at radius 2 is 1.37 bits per heavy atom. The van der Waals surface area contributed by atoms with Gasteiger partial charge in [0.2, 0.25) is 46.9 Å². The first kappa shape index (κ1) is 58.9. The van der Waals surface area contributed by atoms with Gasteiger partial charge in [-0.15, -0.1) is 0 Å². The van der Waals surface area contributed by atoms with Crippen LogP contribution >= 0.6 is 0 Å². The Bertz CT molecular complexity index is 3260. The molecule has 0 saturated carbocycles. The number of para-hydroxylation sites is 1. The standard InChI is InChI=1S/C58H69N13O11/c1-3-4-22-42(51(59)72)63-56(77)47-25-15-30-69(47)58(79)48-26-16-31-70(48)57(78)45(32-36-17-7-5-8-18-36)66-55(76)44(33-38-34-61-40-23-12-11-21-39(38)40)65-52(73)35(2)62-54(75)43(64-53(74)37-19-9-6-10-20-37)24-13-14-29-60-41-27-28-46(71(80)81)50-49(41)67-82-68-50/h5-12,17-21,23,27-28,34-35,42-45,47-48,60-61H,3-4,13-16,22,24-26,29-33H2,1-2H3,(H2,59,72)(H,62,75)(H,63,77)(H,64,74)(H,65,73)(H,66,76)/t35-,42-,43-,44+,45-,47-,48+/m0/s1. The topological polar surface area (TPSA) is 339 Å². The molecule has 2 aliphatic rings. The summed E-state index contributed by atoms with van der Waals surface area (Å²) < 4.78 is 4.76. The number of fused-ring (bicyclic) bond motifs is 2. The number of anilines is 1. The van der Waals surface area contributed by atoms with Crippen LogP contribution < -0.4 is 37.6 Å². The zero-order valence-electron chi connectivity index (χ0n) is 45.8. The molecule has 9 N–H and O–H groups in total. The van der Waals surface area contributed by atoms with Crippen molar-refractivity contribution in [2.24, 2.45) is 5.73 Å². The van der Waals surface area contributed by atoms with Crippen LogP contribution in [0.15, 0.2) is 108 Å². The molecule has 8 amide bonds. The molecule has 0 radical (unpaired) electrons. The minimum Gasteiger partial charge on any atom is -0.383 e. The number of benzene rings is 4. The van der Waals surface area contributed by atoms with Gasteiger partial charge in [-0.05, 0) is 104 Å². The van der Waals surface area contributed by atoms with Gasteiger partial charge < -0.3 is 52.4 Å². The van der Waals surface area contributed by atoms with Crippen LogP contribution in [0.25, 0.3) is 21.9 Å². The number of H-pyrrole nitrogens is 1. The number of aromatic amines is 1. The van der Waals surface area contributed by atoms with Crippen LogP contribution in [0.5, 0.6) is 0 Å². The van der Waals surface area contributed by atoms with Crippen molar-refractivity contribution >= 4 is 80.6 Å². The number of nitro groups is 1. The van der Waals surface area contributed by atoms with Gasteiger partial charge in [-0.25, -0.2) is 4.63 Å². The van der Waals surface area contributed by atoms with Gasteiger partial charge >= 0.3 is 5.69 Å². The van der Waals surface area contributed by atoms with Crippen molar-refractivity contribution < 1.29 is 47.9 Å². The Morgan fingerprint density at radius 1 is 0.707 bits per heavy atom. The molecule has 0 bridgehead atoms. The highest BCUT2D eigenvalue weighted by Crippen LogP contribution is 2.30. The minimum absolute atomic E-state index is 0.0141. The maximum absolute atomic E-state index is 15.0. The molecule has 2 saturated heterocycles. The number of nitrogens with two attached hydrogens (primary N) is 1. The number of nitro benzene ring substituents is 1. The first-order chi connectivity index (χ1) is 39.6. The van der Waals surface area contributed by atoms with Crippen LogP contribution in [0.3, 0.4) is 0 Å². The van der Waals surface area contributed by atoms with Crippen molar-refractivity contribution in [1.82, 2.24) is 51.7 Å². The van der Waals surface area contributed by atoms with Crippen LogP contribution in [0.1, 0.15) is 99.5 Å². The van der Waals surface area contributed by atoms with E-state index in [9.17, 15) is 43.7 Å². The molecule has 2 fully saturated rings. The summed E-state index contributed by atoms with van der Waals surface area (Å²) in [5.41, 5.74) is 8.45. The number of non-ortho nitro benzene ring substituents is 1. The van der Waals surface area contributed by atoms with Gasteiger partial charge in [-0.3, -0.25) is 48.5 Å². The molecule has 2 aromatic heterocycles. The van der Waals surface area contributed by atoms with E-state index in [-0.39, 0.29) is 49.1 Å². The molecular weight excluding hydrogens is 1050 g/mol. The molecule has 2 aliphatic heterocycles. The molecule has 6 aromatic rings. The zero-order chi connectivity index (χ0) is 58.3. The summed E-state index contributed by atoms with van der Waals surface area (Å²) in [4.78, 5) is 129. The second kappa shape index (κ2) is 27.8. The molecule has 24 nitrogen and oxygen atoms in total. The van der Waals surface area contributed by atoms with Crippen molar-refractivity contribution in [3.05, 3.63) is 130 Å². The third-order valence-electron chi connectivity index (χ3n) is 15.0. The maximum Gasteiger partial charge on any atom is 0.300 e. The molecule has 0 aliphatic carbocycles. The normalized spacial score (nSPS) is 16.8. The van der Waals surface area contributed by atoms with Gasteiger partial charge in [-0.1, -0.05) is 86.5 Å². The lowest BCUT2D eigenvalue weighted by atomic mass is 10.0. The summed E-state index contributed by atoms with van der Waals surface area (Å²) in [6.45, 7) is 4.21. The molecule has 8 rings (SSSR count). The number of amides is 8. The van der Waals surface area contributed by atoms with E-state index >= 15 is 4.79 Å². The second-order valence-corrected chi connectivity index (χ2v) is 20.8. The van der Waals surface area contributed by atoms with Gasteiger partial charge in [0.15, 0.2) is 5.52 Å². The Morgan fingerprint density at radius 3 is 2.10 bits per heavy atom. The third-order valence-corrected chi connectivity index (χ3v) is 15.0. The Labute approximate surface area is 472 Å². The summed E-state index contributed by atoms with van der Waals surface area (Å²) in [6, 6.07) is 19.9. The Hall–Kier alpha value is -9.22. The number of hydrogen-bond acceptors (Lipinski definition) is 14. The van der Waals surface area contributed by atoms with Crippen molar-refractivity contribution in [3.63, 3.8) is 0 Å². The van der Waals surface area contributed by atoms with Crippen LogP contribution in [0.4, 0.5) is 11.4 Å². The number of nitrogens with zero attached hydrogens (tertiary/aromatic N) is 5. The van der Waals surface area contributed by atoms with Gasteiger partial charge in [0.25, 0.3) is 5.91 Å². The number of hydrogen-bond donors (Lipinski definition) is 8. The van der Waals surface area contributed by atoms with Crippen molar-refractivity contribution in [2.75, 3.05) is 25.0 Å². The van der Waals surface area contributed by atoms with E-state index in [2.05, 4.69) is 47.2 Å². The van der Waals surface area contributed by atoms with Crippen LogP contribution in [0.2, 0.25) is 0 Å². The highest BCUT2D eigenvalue weighted by atomic mass is 16.6. The number of primary amides is 1. The maximum atomic E-state index is 15.0. The van der Waals surface area contributed by atoms with Crippen LogP contribution in [0, 0.1) is 10.1 Å². The number of aromatic nitrogens is 3. The van der Waals surface area contributed by atoms with E-state index in [1.54, 1.807) is 48.7 Å². The van der Waals surface area contributed by atoms with Gasteiger partial charge in [0.1, 0.15) is 42.3 Å². The molecule has 7 atom stereocenters. The predicted octanol–water partition coefficient (Wildman–Crippen LogP) is 4.10.